The predicted molar refractivity (Wildman–Crippen MR) is 98.4 cm³/mol. The number of hydrogen-bond acceptors (Lipinski definition) is 6. The van der Waals surface area contributed by atoms with Crippen LogP contribution in [0.4, 0.5) is 5.95 Å². The molecule has 1 N–H and O–H groups in total. The van der Waals surface area contributed by atoms with E-state index in [2.05, 4.69) is 30.9 Å². The molecule has 3 heterocycles. The third-order valence-corrected chi connectivity index (χ3v) is 4.94. The van der Waals surface area contributed by atoms with Crippen LogP contribution in [0.15, 0.2) is 6.33 Å². The molecule has 0 bridgehead atoms. The molecule has 0 aliphatic carbocycles. The Kier molecular flexibility index (Phi) is 7.43. The fourth-order valence-electron chi connectivity index (χ4n) is 2.80. The molecule has 25 heavy (non-hydrogen) atoms. The first-order valence-electron chi connectivity index (χ1n) is 8.67. The van der Waals surface area contributed by atoms with Crippen LogP contribution in [-0.4, -0.2) is 58.3 Å². The van der Waals surface area contributed by atoms with Crippen LogP contribution >= 0.6 is 0 Å². The van der Waals surface area contributed by atoms with Crippen molar-refractivity contribution in [2.45, 2.75) is 52.9 Å². The van der Waals surface area contributed by atoms with Crippen molar-refractivity contribution in [3.05, 3.63) is 6.33 Å². The topological polar surface area (TPSA) is 74.1 Å². The normalized spacial score (nSPS) is 22.1. The number of hydrogen-bond donors (Lipinski definition) is 1. The molecular weight excluding hydrogens is 511 g/mol. The molecule has 2 aromatic rings. The molecule has 2 aromatic heterocycles. The van der Waals surface area contributed by atoms with Crippen molar-refractivity contribution in [3.8, 4) is 18.2 Å². The van der Waals surface area contributed by atoms with Crippen LogP contribution in [0.3, 0.4) is 0 Å². The van der Waals surface area contributed by atoms with Crippen molar-refractivity contribution in [1.82, 2.24) is 19.5 Å². The Morgan fingerprint density at radius 1 is 1.44 bits per heavy atom. The summed E-state index contributed by atoms with van der Waals surface area (Å²) in [5, 5.41) is 0. The second-order valence-corrected chi connectivity index (χ2v) is 6.44. The first kappa shape index (κ1) is 19.9. The fraction of sp³-hybridized carbons (Fsp3) is 0.588. The van der Waals surface area contributed by atoms with Crippen LogP contribution in [0.1, 0.15) is 46.8 Å². The van der Waals surface area contributed by atoms with E-state index >= 15 is 0 Å². The summed E-state index contributed by atoms with van der Waals surface area (Å²) in [7, 11) is 0. The van der Waals surface area contributed by atoms with E-state index in [1.807, 2.05) is 25.3 Å². The molecule has 0 amide bonds. The average Bonchev–Trinajstić information content (AvgIpc) is 3.26. The monoisotopic (exact) mass is 535 g/mol. The van der Waals surface area contributed by atoms with Crippen molar-refractivity contribution in [1.29, 1.82) is 0 Å². The summed E-state index contributed by atoms with van der Waals surface area (Å²) < 4.78 is 16.7. The Balaban J connectivity index is 0.00000109. The van der Waals surface area contributed by atoms with E-state index < -0.39 is 0 Å². The first-order valence-corrected chi connectivity index (χ1v) is 10.9. The minimum atomic E-state index is -0.247. The third-order valence-electron chi connectivity index (χ3n) is 3.94. The Bertz CT molecular complexity index is 742. The molecule has 1 saturated heterocycles. The van der Waals surface area contributed by atoms with E-state index in [9.17, 15) is 0 Å². The number of aromatic nitrogens is 4. The molecular formula is C17H24N5O2Tl. The van der Waals surface area contributed by atoms with E-state index in [0.29, 0.717) is 55.7 Å². The number of fused-ring (bicyclic) bond motifs is 1. The average molecular weight is 535 g/mol. The summed E-state index contributed by atoms with van der Waals surface area (Å²) in [5.74, 6) is 3.89. The first-order chi connectivity index (χ1) is 12.2. The van der Waals surface area contributed by atoms with Gasteiger partial charge in [0.05, 0.1) is 0 Å². The van der Waals surface area contributed by atoms with Crippen molar-refractivity contribution in [2.75, 3.05) is 9.73 Å². The maximum Gasteiger partial charge on any atom is -0.0683 e. The zero-order valence-corrected chi connectivity index (χ0v) is 19.7. The van der Waals surface area contributed by atoms with Crippen LogP contribution in [0.2, 0.25) is 0 Å². The molecule has 7 nitrogen and oxygen atoms in total. The van der Waals surface area contributed by atoms with E-state index in [1.165, 1.54) is 0 Å². The fourth-order valence-corrected chi connectivity index (χ4v) is 3.30. The Hall–Kier alpha value is -1.41. The standard InChI is InChI=1S/C15H18N5O2.C2H6.Tl/c1-4-9-7-10(5-2)22-14(9)20-8-17-11-12(20)18-15(16)19-13(11)21-6-3;1-2;/h1,8-10,14H,5-7H2,2-3H3,(H-,16,18,19);1-2H3;/q-1;;+1. The number of imidazole rings is 1. The van der Waals surface area contributed by atoms with Gasteiger partial charge in [0, 0.05) is 0 Å². The molecule has 0 radical (unpaired) electrons. The summed E-state index contributed by atoms with van der Waals surface area (Å²) in [6.45, 7) is 8.54. The van der Waals surface area contributed by atoms with Crippen LogP contribution in [0.5, 0.6) is 5.88 Å². The van der Waals surface area contributed by atoms with Crippen LogP contribution in [0.25, 0.3) is 11.2 Å². The molecule has 3 unspecified atom stereocenters. The van der Waals surface area contributed by atoms with E-state index in [-0.39, 0.29) is 18.2 Å². The van der Waals surface area contributed by atoms with E-state index in [1.54, 1.807) is 6.33 Å². The summed E-state index contributed by atoms with van der Waals surface area (Å²) >= 11 is 0.536. The molecule has 3 rings (SSSR count). The van der Waals surface area contributed by atoms with Gasteiger partial charge < -0.3 is 0 Å². The molecule has 3 atom stereocenters. The number of ether oxygens (including phenoxy) is 2. The maximum absolute atomic E-state index is 6.11. The predicted octanol–water partition coefficient (Wildman–Crippen LogP) is 2.69. The van der Waals surface area contributed by atoms with Gasteiger partial charge in [0.25, 0.3) is 0 Å². The molecule has 1 aliphatic heterocycles. The Morgan fingerprint density at radius 3 is 2.80 bits per heavy atom. The van der Waals surface area contributed by atoms with E-state index in [0.717, 1.165) is 12.8 Å². The minimum Gasteiger partial charge on any atom is -0.0683 e. The van der Waals surface area contributed by atoms with Crippen molar-refractivity contribution in [2.24, 2.45) is 5.92 Å². The molecule has 1 fully saturated rings. The zero-order chi connectivity index (χ0) is 18.4. The summed E-state index contributed by atoms with van der Waals surface area (Å²) in [6.07, 6.45) is 9.13. The summed E-state index contributed by atoms with van der Waals surface area (Å²) in [6, 6.07) is 0. The molecule has 132 valence electrons. The second kappa shape index (κ2) is 9.33. The number of nitrogens with one attached hydrogen (secondary N) is 1. The van der Waals surface area contributed by atoms with Crippen LogP contribution in [-0.2, 0) is 4.74 Å². The van der Waals surface area contributed by atoms with Crippen molar-refractivity contribution >= 4 is 43.2 Å². The van der Waals surface area contributed by atoms with Gasteiger partial charge in [-0.1, -0.05) is 13.8 Å². The number of anilines is 1. The van der Waals surface area contributed by atoms with Gasteiger partial charge in [-0.05, 0) is 0 Å². The van der Waals surface area contributed by atoms with Crippen molar-refractivity contribution in [3.63, 3.8) is 0 Å². The Labute approximate surface area is 165 Å². The van der Waals surface area contributed by atoms with Gasteiger partial charge in [0.15, 0.2) is 0 Å². The molecule has 8 heteroatoms. The van der Waals surface area contributed by atoms with Gasteiger partial charge in [-0.25, -0.2) is 0 Å². The molecule has 0 spiro atoms. The largest absolute Gasteiger partial charge is 0.0683 e. The van der Waals surface area contributed by atoms with Gasteiger partial charge in [0.1, 0.15) is 0 Å². The Morgan fingerprint density at radius 2 is 2.20 bits per heavy atom. The van der Waals surface area contributed by atoms with Gasteiger partial charge in [-0.15, -0.1) is 0 Å². The van der Waals surface area contributed by atoms with Gasteiger partial charge in [-0.3, -0.25) is 0 Å². The van der Waals surface area contributed by atoms with E-state index in [4.69, 9.17) is 15.9 Å². The van der Waals surface area contributed by atoms with Crippen LogP contribution < -0.4 is 7.86 Å². The number of terminal acetylenes is 1. The minimum absolute atomic E-state index is 0.0112. The quantitative estimate of drug-likeness (QED) is 0.470. The summed E-state index contributed by atoms with van der Waals surface area (Å²) in [4.78, 5) is 13.3. The second-order valence-electron chi connectivity index (χ2n) is 5.32. The number of rotatable bonds is 5. The van der Waals surface area contributed by atoms with Crippen molar-refractivity contribution < 1.29 is 9.47 Å². The SMILES string of the molecule is C#CC1CC(CC)OC1n1cnc2c(OCC)nc([NH][Tl])nc21.CC. The summed E-state index contributed by atoms with van der Waals surface area (Å²) in [5.41, 5.74) is 1.32. The number of nitrogens with zero attached hydrogens (tertiary/aromatic N) is 4. The smallest absolute Gasteiger partial charge is 0.0683 e. The molecule has 1 aliphatic rings. The molecule has 0 aromatic carbocycles. The van der Waals surface area contributed by atoms with Crippen LogP contribution in [0, 0.1) is 18.3 Å². The zero-order valence-electron chi connectivity index (χ0n) is 15.2. The third kappa shape index (κ3) is 4.06. The molecule has 0 saturated carbocycles. The maximum atomic E-state index is 6.11. The van der Waals surface area contributed by atoms with Gasteiger partial charge in [-0.2, -0.15) is 0 Å². The van der Waals surface area contributed by atoms with Gasteiger partial charge >= 0.3 is 151 Å². The van der Waals surface area contributed by atoms with Gasteiger partial charge in [0.2, 0.25) is 0 Å².